The molecule has 10 nitrogen and oxygen atoms in total. The van der Waals surface area contributed by atoms with Crippen molar-refractivity contribution in [3.05, 3.63) is 167 Å². The zero-order valence-electron chi connectivity index (χ0n) is 31.1. The minimum absolute atomic E-state index is 0.0116. The molecule has 4 amide bonds. The van der Waals surface area contributed by atoms with E-state index in [1.165, 1.54) is 0 Å². The molecule has 0 fully saturated rings. The Morgan fingerprint density at radius 1 is 0.464 bits per heavy atom. The molecular weight excluding hydrogens is 705 g/mol. The summed E-state index contributed by atoms with van der Waals surface area (Å²) in [5.74, 6) is -0.618. The predicted octanol–water partition coefficient (Wildman–Crippen LogP) is 7.26. The van der Waals surface area contributed by atoms with E-state index in [-0.39, 0.29) is 24.5 Å². The third kappa shape index (κ3) is 9.47. The number of benzene rings is 6. The molecule has 282 valence electrons. The molecule has 6 aromatic rings. The van der Waals surface area contributed by atoms with Crippen LogP contribution in [0.4, 0.5) is 0 Å². The van der Waals surface area contributed by atoms with Gasteiger partial charge in [-0.1, -0.05) is 97.1 Å². The molecule has 0 aromatic heterocycles. The highest BCUT2D eigenvalue weighted by Gasteiger charge is 2.18. The number of carbonyl (C=O) groups excluding carboxylic acids is 4. The van der Waals surface area contributed by atoms with E-state index in [9.17, 15) is 19.2 Å². The summed E-state index contributed by atoms with van der Waals surface area (Å²) >= 11 is 0. The van der Waals surface area contributed by atoms with Crippen LogP contribution in [0, 0.1) is 0 Å². The first-order valence-electron chi connectivity index (χ1n) is 18.4. The minimum Gasteiger partial charge on any atom is -0.493 e. The van der Waals surface area contributed by atoms with Gasteiger partial charge in [0, 0.05) is 35.0 Å². The van der Waals surface area contributed by atoms with Crippen molar-refractivity contribution in [3.63, 3.8) is 0 Å². The molecule has 0 bridgehead atoms. The van der Waals surface area contributed by atoms with Gasteiger partial charge in [-0.05, 0) is 84.3 Å². The normalized spacial score (nSPS) is 11.5. The zero-order chi connectivity index (χ0) is 39.3. The molecule has 0 aliphatic carbocycles. The highest BCUT2D eigenvalue weighted by molar-refractivity contribution is 6.08. The fourth-order valence-electron chi connectivity index (χ4n) is 6.14. The summed E-state index contributed by atoms with van der Waals surface area (Å²) in [5, 5.41) is 14.6. The molecular formula is C46H42N4O6. The Labute approximate surface area is 325 Å². The van der Waals surface area contributed by atoms with Crippen LogP contribution >= 0.6 is 0 Å². The fourth-order valence-corrected chi connectivity index (χ4v) is 6.14. The number of carbonyl (C=O) groups is 4. The molecule has 4 N–H and O–H groups in total. The maximum absolute atomic E-state index is 13.7. The van der Waals surface area contributed by atoms with E-state index in [4.69, 9.17) is 9.47 Å². The fraction of sp³-hybridized carbons (Fsp3) is 0.130. The Balaban J connectivity index is 1.22. The van der Waals surface area contributed by atoms with Crippen LogP contribution < -0.4 is 30.7 Å². The SMILES string of the molecule is CCOc1ccc(/C=C(\NC(=O)c2ccccc2)C(=O)NCCNC(=O)/C(=C/c2ccc(OCC)c3ccccc23)NC(=O)c2ccccc2)c2ccccc12. The Morgan fingerprint density at radius 3 is 1.20 bits per heavy atom. The van der Waals surface area contributed by atoms with Crippen LogP contribution in [0.2, 0.25) is 0 Å². The molecule has 0 radical (unpaired) electrons. The van der Waals surface area contributed by atoms with E-state index < -0.39 is 23.6 Å². The van der Waals surface area contributed by atoms with Crippen molar-refractivity contribution in [3.8, 4) is 11.5 Å². The van der Waals surface area contributed by atoms with Gasteiger partial charge in [0.2, 0.25) is 0 Å². The largest absolute Gasteiger partial charge is 0.493 e. The van der Waals surface area contributed by atoms with Crippen molar-refractivity contribution in [2.75, 3.05) is 26.3 Å². The van der Waals surface area contributed by atoms with Crippen molar-refractivity contribution in [2.24, 2.45) is 0 Å². The Kier molecular flexibility index (Phi) is 12.9. The lowest BCUT2D eigenvalue weighted by Gasteiger charge is -2.15. The lowest BCUT2D eigenvalue weighted by molar-refractivity contribution is -0.119. The number of amides is 4. The first-order chi connectivity index (χ1) is 27.4. The Bertz CT molecular complexity index is 2260. The molecule has 10 heteroatoms. The van der Waals surface area contributed by atoms with Crippen LogP contribution in [-0.2, 0) is 9.59 Å². The van der Waals surface area contributed by atoms with E-state index in [1.54, 1.807) is 72.8 Å². The van der Waals surface area contributed by atoms with Gasteiger partial charge < -0.3 is 30.7 Å². The second kappa shape index (κ2) is 18.7. The van der Waals surface area contributed by atoms with Gasteiger partial charge >= 0.3 is 0 Å². The summed E-state index contributed by atoms with van der Waals surface area (Å²) in [6.45, 7) is 4.83. The molecule has 6 aromatic carbocycles. The van der Waals surface area contributed by atoms with E-state index >= 15 is 0 Å². The number of hydrogen-bond acceptors (Lipinski definition) is 6. The molecule has 0 aliphatic heterocycles. The van der Waals surface area contributed by atoms with E-state index in [0.717, 1.165) is 21.5 Å². The lowest BCUT2D eigenvalue weighted by Crippen LogP contribution is -2.41. The standard InChI is InChI=1S/C46H42N4O6/c1-3-55-41-25-23-33(35-19-11-13-21-37(35)41)29-39(49-43(51)31-15-7-5-8-16-31)45(53)47-27-28-48-46(54)40(50-44(52)32-17-9-6-10-18-32)30-34-24-26-42(56-4-2)38-22-14-12-20-36(34)38/h5-26,29-30H,3-4,27-28H2,1-2H3,(H,47,53)(H,48,54)(H,49,51)(H,50,52)/b39-29-,40-30-. The number of rotatable bonds is 15. The second-order valence-corrected chi connectivity index (χ2v) is 12.5. The van der Waals surface area contributed by atoms with Gasteiger partial charge in [0.05, 0.1) is 13.2 Å². The van der Waals surface area contributed by atoms with Gasteiger partial charge in [0.15, 0.2) is 0 Å². The predicted molar refractivity (Wildman–Crippen MR) is 220 cm³/mol. The molecule has 0 saturated carbocycles. The molecule has 6 rings (SSSR count). The van der Waals surface area contributed by atoms with Gasteiger partial charge in [-0.2, -0.15) is 0 Å². The van der Waals surface area contributed by atoms with Crippen LogP contribution in [-0.4, -0.2) is 49.9 Å². The molecule has 0 heterocycles. The third-order valence-corrected chi connectivity index (χ3v) is 8.79. The summed E-state index contributed by atoms with van der Waals surface area (Å²) in [6, 6.07) is 39.8. The van der Waals surface area contributed by atoms with Crippen LogP contribution in [0.5, 0.6) is 11.5 Å². The summed E-state index contributed by atoms with van der Waals surface area (Å²) in [5.41, 5.74) is 2.18. The summed E-state index contributed by atoms with van der Waals surface area (Å²) in [7, 11) is 0. The van der Waals surface area contributed by atoms with Gasteiger partial charge in [-0.3, -0.25) is 19.2 Å². The molecule has 0 aliphatic rings. The van der Waals surface area contributed by atoms with E-state index in [2.05, 4.69) is 21.3 Å². The molecule has 0 spiro atoms. The highest BCUT2D eigenvalue weighted by Crippen LogP contribution is 2.31. The van der Waals surface area contributed by atoms with E-state index in [0.29, 0.717) is 47.0 Å². The second-order valence-electron chi connectivity index (χ2n) is 12.5. The Morgan fingerprint density at radius 2 is 0.821 bits per heavy atom. The van der Waals surface area contributed by atoms with Gasteiger partial charge in [0.25, 0.3) is 23.6 Å². The molecule has 0 saturated heterocycles. The van der Waals surface area contributed by atoms with Crippen LogP contribution in [0.3, 0.4) is 0 Å². The number of fused-ring (bicyclic) bond motifs is 2. The van der Waals surface area contributed by atoms with Crippen LogP contribution in [0.15, 0.2) is 145 Å². The molecule has 0 atom stereocenters. The summed E-state index contributed by atoms with van der Waals surface area (Å²) < 4.78 is 11.6. The third-order valence-electron chi connectivity index (χ3n) is 8.79. The number of nitrogens with one attached hydrogen (secondary N) is 4. The quantitative estimate of drug-likeness (QED) is 0.0646. The van der Waals surface area contributed by atoms with Gasteiger partial charge in [-0.15, -0.1) is 0 Å². The van der Waals surface area contributed by atoms with E-state index in [1.807, 2.05) is 86.6 Å². The summed E-state index contributed by atoms with van der Waals surface area (Å²) in [4.78, 5) is 54.0. The topological polar surface area (TPSA) is 135 Å². The van der Waals surface area contributed by atoms with Crippen molar-refractivity contribution < 1.29 is 28.7 Å². The maximum atomic E-state index is 13.7. The average molecular weight is 747 g/mol. The highest BCUT2D eigenvalue weighted by atomic mass is 16.5. The van der Waals surface area contributed by atoms with Gasteiger partial charge in [0.1, 0.15) is 22.9 Å². The maximum Gasteiger partial charge on any atom is 0.267 e. The molecule has 56 heavy (non-hydrogen) atoms. The first kappa shape index (κ1) is 38.5. The smallest absolute Gasteiger partial charge is 0.267 e. The molecule has 0 unspecified atom stereocenters. The average Bonchev–Trinajstić information content (AvgIpc) is 3.24. The van der Waals surface area contributed by atoms with Crippen molar-refractivity contribution in [1.29, 1.82) is 0 Å². The van der Waals surface area contributed by atoms with Crippen molar-refractivity contribution in [1.82, 2.24) is 21.3 Å². The van der Waals surface area contributed by atoms with Crippen LogP contribution in [0.25, 0.3) is 33.7 Å². The summed E-state index contributed by atoms with van der Waals surface area (Å²) in [6.07, 6.45) is 3.24. The number of ether oxygens (including phenoxy) is 2. The lowest BCUT2D eigenvalue weighted by atomic mass is 10.0. The zero-order valence-corrected chi connectivity index (χ0v) is 31.1. The minimum atomic E-state index is -0.560. The monoisotopic (exact) mass is 746 g/mol. The first-order valence-corrected chi connectivity index (χ1v) is 18.4. The Hall–Kier alpha value is -7.20. The number of hydrogen-bond donors (Lipinski definition) is 4. The van der Waals surface area contributed by atoms with Crippen molar-refractivity contribution in [2.45, 2.75) is 13.8 Å². The van der Waals surface area contributed by atoms with Crippen LogP contribution in [0.1, 0.15) is 45.7 Å². The van der Waals surface area contributed by atoms with Crippen molar-refractivity contribution >= 4 is 57.3 Å². The van der Waals surface area contributed by atoms with Gasteiger partial charge in [-0.25, -0.2) is 0 Å².